The molecule has 6 nitrogen and oxygen atoms in total. The average molecular weight is 391 g/mol. The number of rotatable bonds is 13. The molecule has 27 heavy (non-hydrogen) atoms. The summed E-state index contributed by atoms with van der Waals surface area (Å²) in [6, 6.07) is 5.07. The maximum Gasteiger partial charge on any atom is 0.303 e. The largest absolute Gasteiger partial charge is 0.481 e. The van der Waals surface area contributed by atoms with E-state index in [1.165, 1.54) is 0 Å². The van der Waals surface area contributed by atoms with Gasteiger partial charge in [-0.3, -0.25) is 9.59 Å². The Labute approximate surface area is 163 Å². The molecule has 0 aliphatic carbocycles. The molecule has 1 N–H and O–H groups in total. The van der Waals surface area contributed by atoms with Gasteiger partial charge in [-0.2, -0.15) is 0 Å². The second kappa shape index (κ2) is 10.9. The number of carbonyl (C=O) groups excluding carboxylic acids is 3. The number of carboxylic acids is 1. The van der Waals surface area contributed by atoms with Crippen molar-refractivity contribution in [3.63, 3.8) is 0 Å². The first kappa shape index (κ1) is 21.2. The summed E-state index contributed by atoms with van der Waals surface area (Å²) in [6.07, 6.45) is 5.93. The van der Waals surface area contributed by atoms with Crippen molar-refractivity contribution in [1.29, 1.82) is 0 Å². The number of unbranched alkanes of at least 4 members (excludes halogenated alkanes) is 3. The molecule has 1 aliphatic rings. The second-order valence-electron chi connectivity index (χ2n) is 6.57. The highest BCUT2D eigenvalue weighted by Gasteiger charge is 2.33. The summed E-state index contributed by atoms with van der Waals surface area (Å²) >= 11 is 1.69. The second-order valence-corrected chi connectivity index (χ2v) is 7.71. The first-order valence-electron chi connectivity index (χ1n) is 9.25. The summed E-state index contributed by atoms with van der Waals surface area (Å²) in [6.45, 7) is 0.401. The van der Waals surface area contributed by atoms with Crippen LogP contribution in [-0.2, 0) is 20.9 Å². The molecule has 1 aliphatic heterocycles. The van der Waals surface area contributed by atoms with E-state index in [2.05, 4.69) is 0 Å². The number of benzene rings is 1. The van der Waals surface area contributed by atoms with Gasteiger partial charge in [-0.15, -0.1) is 11.8 Å². The van der Waals surface area contributed by atoms with Gasteiger partial charge >= 0.3 is 5.97 Å². The molecule has 1 unspecified atom stereocenters. The number of carbonyl (C=O) groups is 4. The van der Waals surface area contributed by atoms with Crippen molar-refractivity contribution < 1.29 is 24.3 Å². The molecule has 1 heterocycles. The van der Waals surface area contributed by atoms with Crippen molar-refractivity contribution in [3.05, 3.63) is 29.3 Å². The standard InChI is InChI=1S/C20H25NO5S/c22-11-6-7-15(14-23)21-13-17-16(20(21)26)8-5-9-18(17)27-12-4-2-1-3-10-19(24)25/h5,8-9,11,14-15H,1-4,6-7,10,12-13H2,(H,24,25). The Bertz CT molecular complexity index is 691. The highest BCUT2D eigenvalue weighted by atomic mass is 32.2. The van der Waals surface area contributed by atoms with Crippen LogP contribution in [0, 0.1) is 0 Å². The zero-order valence-corrected chi connectivity index (χ0v) is 16.1. The molecule has 0 saturated carbocycles. The lowest BCUT2D eigenvalue weighted by molar-refractivity contribution is -0.137. The maximum atomic E-state index is 12.6. The van der Waals surface area contributed by atoms with E-state index >= 15 is 0 Å². The summed E-state index contributed by atoms with van der Waals surface area (Å²) in [5, 5.41) is 8.63. The van der Waals surface area contributed by atoms with Crippen molar-refractivity contribution in [2.45, 2.75) is 62.4 Å². The first-order chi connectivity index (χ1) is 13.1. The summed E-state index contributed by atoms with van der Waals surface area (Å²) < 4.78 is 0. The fraction of sp³-hybridized carbons (Fsp3) is 0.500. The molecular weight excluding hydrogens is 366 g/mol. The molecule has 0 bridgehead atoms. The fourth-order valence-electron chi connectivity index (χ4n) is 3.18. The Balaban J connectivity index is 1.90. The van der Waals surface area contributed by atoms with Gasteiger partial charge in [0.05, 0.1) is 6.04 Å². The molecule has 0 saturated heterocycles. The normalized spacial score (nSPS) is 14.1. The molecule has 2 rings (SSSR count). The van der Waals surface area contributed by atoms with Crippen molar-refractivity contribution in [1.82, 2.24) is 4.90 Å². The molecule has 0 spiro atoms. The van der Waals surface area contributed by atoms with Gasteiger partial charge in [0.25, 0.3) is 5.91 Å². The van der Waals surface area contributed by atoms with Crippen LogP contribution in [0.5, 0.6) is 0 Å². The number of hydrogen-bond acceptors (Lipinski definition) is 5. The highest BCUT2D eigenvalue weighted by Crippen LogP contribution is 2.34. The van der Waals surface area contributed by atoms with Crippen LogP contribution in [0.2, 0.25) is 0 Å². The Morgan fingerprint density at radius 2 is 2.00 bits per heavy atom. The third-order valence-electron chi connectivity index (χ3n) is 4.63. The van der Waals surface area contributed by atoms with E-state index in [0.717, 1.165) is 48.0 Å². The highest BCUT2D eigenvalue weighted by molar-refractivity contribution is 7.99. The Morgan fingerprint density at radius 1 is 1.22 bits per heavy atom. The topological polar surface area (TPSA) is 91.8 Å². The summed E-state index contributed by atoms with van der Waals surface area (Å²) in [7, 11) is 0. The van der Waals surface area contributed by atoms with Crippen molar-refractivity contribution in [2.24, 2.45) is 0 Å². The summed E-state index contributed by atoms with van der Waals surface area (Å²) in [4.78, 5) is 47.7. The molecular formula is C20H25NO5S. The number of hydrogen-bond donors (Lipinski definition) is 1. The zero-order valence-electron chi connectivity index (χ0n) is 15.3. The van der Waals surface area contributed by atoms with Gasteiger partial charge < -0.3 is 19.6 Å². The molecule has 1 aromatic rings. The van der Waals surface area contributed by atoms with Crippen LogP contribution >= 0.6 is 11.8 Å². The van der Waals surface area contributed by atoms with Crippen LogP contribution in [0.4, 0.5) is 0 Å². The smallest absolute Gasteiger partial charge is 0.303 e. The van der Waals surface area contributed by atoms with E-state index < -0.39 is 12.0 Å². The van der Waals surface area contributed by atoms with E-state index in [1.807, 2.05) is 12.1 Å². The van der Waals surface area contributed by atoms with E-state index in [9.17, 15) is 19.2 Å². The predicted octanol–water partition coefficient (Wildman–Crippen LogP) is 3.32. The third-order valence-corrected chi connectivity index (χ3v) is 5.82. The Hall–Kier alpha value is -2.15. The number of aldehydes is 2. The Kier molecular flexibility index (Phi) is 8.51. The van der Waals surface area contributed by atoms with E-state index in [4.69, 9.17) is 5.11 Å². The van der Waals surface area contributed by atoms with Gasteiger partial charge in [-0.25, -0.2) is 0 Å². The predicted molar refractivity (Wildman–Crippen MR) is 103 cm³/mol. The van der Waals surface area contributed by atoms with Gasteiger partial charge in [-0.05, 0) is 42.7 Å². The number of amides is 1. The number of thioether (sulfide) groups is 1. The minimum absolute atomic E-state index is 0.149. The van der Waals surface area contributed by atoms with E-state index in [0.29, 0.717) is 24.9 Å². The van der Waals surface area contributed by atoms with Gasteiger partial charge in [0.2, 0.25) is 0 Å². The molecule has 0 radical (unpaired) electrons. The number of fused-ring (bicyclic) bond motifs is 1. The third kappa shape index (κ3) is 5.92. The number of carboxylic acid groups (broad SMARTS) is 1. The van der Waals surface area contributed by atoms with Crippen LogP contribution in [0.3, 0.4) is 0 Å². The monoisotopic (exact) mass is 391 g/mol. The van der Waals surface area contributed by atoms with Crippen LogP contribution < -0.4 is 0 Å². The zero-order chi connectivity index (χ0) is 19.6. The molecule has 1 amide bonds. The quantitative estimate of drug-likeness (QED) is 0.315. The van der Waals surface area contributed by atoms with E-state index in [1.54, 1.807) is 22.7 Å². The molecule has 1 aromatic carbocycles. The average Bonchev–Trinajstić information content (AvgIpc) is 2.99. The lowest BCUT2D eigenvalue weighted by atomic mass is 10.1. The molecule has 0 aromatic heterocycles. The number of nitrogens with zero attached hydrogens (tertiary/aromatic N) is 1. The molecule has 146 valence electrons. The van der Waals surface area contributed by atoms with Crippen LogP contribution in [0.1, 0.15) is 60.9 Å². The molecule has 1 atom stereocenters. The Morgan fingerprint density at radius 3 is 2.70 bits per heavy atom. The van der Waals surface area contributed by atoms with Crippen molar-refractivity contribution in [3.8, 4) is 0 Å². The van der Waals surface area contributed by atoms with Gasteiger partial charge in [-0.1, -0.05) is 18.9 Å². The van der Waals surface area contributed by atoms with Gasteiger partial charge in [0.15, 0.2) is 0 Å². The SMILES string of the molecule is O=CCCC(C=O)N1Cc2c(SCCCCCCC(=O)O)cccc2C1=O. The van der Waals surface area contributed by atoms with Crippen molar-refractivity contribution in [2.75, 3.05) is 5.75 Å². The van der Waals surface area contributed by atoms with Crippen LogP contribution in [0.25, 0.3) is 0 Å². The lowest BCUT2D eigenvalue weighted by Crippen LogP contribution is -2.36. The lowest BCUT2D eigenvalue weighted by Gasteiger charge is -2.22. The molecule has 7 heteroatoms. The molecule has 0 fully saturated rings. The minimum atomic E-state index is -0.750. The van der Waals surface area contributed by atoms with Crippen molar-refractivity contribution >= 4 is 36.2 Å². The van der Waals surface area contributed by atoms with Gasteiger partial charge in [0.1, 0.15) is 12.6 Å². The fourth-order valence-corrected chi connectivity index (χ4v) is 4.27. The van der Waals surface area contributed by atoms with Crippen LogP contribution in [0.15, 0.2) is 23.1 Å². The maximum absolute atomic E-state index is 12.6. The van der Waals surface area contributed by atoms with Crippen LogP contribution in [-0.4, -0.2) is 46.2 Å². The van der Waals surface area contributed by atoms with E-state index in [-0.39, 0.29) is 18.7 Å². The minimum Gasteiger partial charge on any atom is -0.481 e. The summed E-state index contributed by atoms with van der Waals surface area (Å²) in [5.74, 6) is 0.00398. The number of aliphatic carboxylic acids is 1. The first-order valence-corrected chi connectivity index (χ1v) is 10.2. The van der Waals surface area contributed by atoms with Gasteiger partial charge in [0, 0.05) is 29.8 Å². The summed E-state index contributed by atoms with van der Waals surface area (Å²) in [5.41, 5.74) is 1.59.